The second kappa shape index (κ2) is 4.56. The molecule has 3 heterocycles. The molecule has 2 bridgehead atoms. The lowest BCUT2D eigenvalue weighted by atomic mass is 9.96. The maximum atomic E-state index is 12.5. The van der Waals surface area contributed by atoms with E-state index >= 15 is 0 Å². The Balaban J connectivity index is 1.84. The van der Waals surface area contributed by atoms with E-state index in [4.69, 9.17) is 0 Å². The molecule has 2 aliphatic heterocycles. The summed E-state index contributed by atoms with van der Waals surface area (Å²) in [4.78, 5) is 18.7. The van der Waals surface area contributed by atoms with Crippen molar-refractivity contribution in [3.05, 3.63) is 41.7 Å². The van der Waals surface area contributed by atoms with Gasteiger partial charge in [-0.05, 0) is 44.7 Å². The van der Waals surface area contributed by atoms with Crippen molar-refractivity contribution >= 4 is 5.91 Å². The number of piperidine rings is 1. The number of nitrogens with zero attached hydrogens (tertiary/aromatic N) is 2. The summed E-state index contributed by atoms with van der Waals surface area (Å²) < 4.78 is 0. The van der Waals surface area contributed by atoms with E-state index in [2.05, 4.69) is 22.9 Å². The van der Waals surface area contributed by atoms with E-state index in [0.717, 1.165) is 31.2 Å². The molecule has 0 N–H and O–H groups in total. The summed E-state index contributed by atoms with van der Waals surface area (Å²) in [5, 5.41) is 0. The molecule has 0 aromatic carbocycles. The van der Waals surface area contributed by atoms with Crippen molar-refractivity contribution in [2.24, 2.45) is 0 Å². The van der Waals surface area contributed by atoms with Crippen LogP contribution in [0, 0.1) is 0 Å². The Morgan fingerprint density at radius 2 is 2.11 bits per heavy atom. The van der Waals surface area contributed by atoms with Crippen LogP contribution in [0.3, 0.4) is 0 Å². The fraction of sp³-hybridized carbons (Fsp3) is 0.467. The van der Waals surface area contributed by atoms with Crippen LogP contribution in [0.5, 0.6) is 0 Å². The lowest BCUT2D eigenvalue weighted by Gasteiger charge is -2.36. The average Bonchev–Trinajstić information content (AvgIpc) is 2.69. The topological polar surface area (TPSA) is 33.2 Å². The zero-order chi connectivity index (χ0) is 12.5. The Hall–Kier alpha value is -1.64. The zero-order valence-corrected chi connectivity index (χ0v) is 10.7. The first-order valence-electron chi connectivity index (χ1n) is 6.66. The van der Waals surface area contributed by atoms with Crippen LogP contribution >= 0.6 is 0 Å². The maximum absolute atomic E-state index is 12.5. The number of hydrogen-bond acceptors (Lipinski definition) is 2. The van der Waals surface area contributed by atoms with Gasteiger partial charge in [0.1, 0.15) is 0 Å². The molecule has 2 aliphatic rings. The molecule has 0 aliphatic carbocycles. The van der Waals surface area contributed by atoms with Crippen molar-refractivity contribution in [2.75, 3.05) is 0 Å². The number of pyridine rings is 1. The van der Waals surface area contributed by atoms with Gasteiger partial charge in [0.05, 0.1) is 5.56 Å². The summed E-state index contributed by atoms with van der Waals surface area (Å²) >= 11 is 0. The standard InChI is InChI=1S/C15H18N2O/c1-2-11-8-13-5-6-14(9-11)17(13)15(18)12-4-3-7-16-10-12/h2-4,7,10,13-14H,5-6,8-9H2,1H3. The summed E-state index contributed by atoms with van der Waals surface area (Å²) in [6.45, 7) is 2.10. The zero-order valence-electron chi connectivity index (χ0n) is 10.7. The monoisotopic (exact) mass is 242 g/mol. The molecule has 3 nitrogen and oxygen atoms in total. The number of allylic oxidation sites excluding steroid dienone is 1. The molecule has 2 saturated heterocycles. The first-order valence-corrected chi connectivity index (χ1v) is 6.66. The SMILES string of the molecule is CC=C1CC2CCC(C1)N2C(=O)c1cccnc1. The Labute approximate surface area is 108 Å². The molecular weight excluding hydrogens is 224 g/mol. The van der Waals surface area contributed by atoms with Gasteiger partial charge in [-0.2, -0.15) is 0 Å². The highest BCUT2D eigenvalue weighted by atomic mass is 16.2. The number of fused-ring (bicyclic) bond motifs is 2. The summed E-state index contributed by atoms with van der Waals surface area (Å²) in [6.07, 6.45) is 10.0. The Morgan fingerprint density at radius 1 is 1.39 bits per heavy atom. The minimum atomic E-state index is 0.158. The summed E-state index contributed by atoms with van der Waals surface area (Å²) in [7, 11) is 0. The molecule has 18 heavy (non-hydrogen) atoms. The molecule has 2 unspecified atom stereocenters. The van der Waals surface area contributed by atoms with Gasteiger partial charge < -0.3 is 4.90 Å². The van der Waals surface area contributed by atoms with Crippen LogP contribution in [-0.4, -0.2) is 27.9 Å². The molecule has 0 spiro atoms. The van der Waals surface area contributed by atoms with E-state index in [1.54, 1.807) is 12.4 Å². The van der Waals surface area contributed by atoms with Crippen molar-refractivity contribution in [2.45, 2.75) is 44.7 Å². The summed E-state index contributed by atoms with van der Waals surface area (Å²) in [5.74, 6) is 0.158. The normalized spacial score (nSPS) is 26.3. The fourth-order valence-corrected chi connectivity index (χ4v) is 3.26. The van der Waals surface area contributed by atoms with Crippen LogP contribution < -0.4 is 0 Å². The second-order valence-corrected chi connectivity index (χ2v) is 5.19. The van der Waals surface area contributed by atoms with Crippen molar-refractivity contribution in [1.29, 1.82) is 0 Å². The van der Waals surface area contributed by atoms with Gasteiger partial charge in [-0.25, -0.2) is 0 Å². The van der Waals surface area contributed by atoms with Crippen molar-refractivity contribution in [1.82, 2.24) is 9.88 Å². The smallest absolute Gasteiger partial charge is 0.255 e. The molecule has 0 radical (unpaired) electrons. The average molecular weight is 242 g/mol. The second-order valence-electron chi connectivity index (χ2n) is 5.19. The third-order valence-electron chi connectivity index (χ3n) is 4.17. The number of aromatic nitrogens is 1. The van der Waals surface area contributed by atoms with E-state index in [0.29, 0.717) is 12.1 Å². The first-order chi connectivity index (χ1) is 8.79. The first kappa shape index (κ1) is 11.5. The molecule has 94 valence electrons. The highest BCUT2D eigenvalue weighted by Crippen LogP contribution is 2.39. The molecule has 2 fully saturated rings. The van der Waals surface area contributed by atoms with Gasteiger partial charge in [0, 0.05) is 24.5 Å². The van der Waals surface area contributed by atoms with E-state index < -0.39 is 0 Å². The predicted octanol–water partition coefficient (Wildman–Crippen LogP) is 2.79. The summed E-state index contributed by atoms with van der Waals surface area (Å²) in [6, 6.07) is 4.50. The van der Waals surface area contributed by atoms with Gasteiger partial charge in [0.15, 0.2) is 0 Å². The van der Waals surface area contributed by atoms with E-state index in [9.17, 15) is 4.79 Å². The van der Waals surface area contributed by atoms with Crippen LogP contribution in [0.1, 0.15) is 43.0 Å². The molecule has 1 aromatic heterocycles. The Bertz CT molecular complexity index is 465. The largest absolute Gasteiger partial charge is 0.332 e. The van der Waals surface area contributed by atoms with Crippen molar-refractivity contribution in [3.8, 4) is 0 Å². The van der Waals surface area contributed by atoms with Crippen LogP contribution in [0.15, 0.2) is 36.2 Å². The summed E-state index contributed by atoms with van der Waals surface area (Å²) in [5.41, 5.74) is 2.23. The third kappa shape index (κ3) is 1.84. The number of rotatable bonds is 1. The maximum Gasteiger partial charge on any atom is 0.255 e. The molecule has 3 heteroatoms. The van der Waals surface area contributed by atoms with Gasteiger partial charge in [0.25, 0.3) is 5.91 Å². The quantitative estimate of drug-likeness (QED) is 0.709. The van der Waals surface area contributed by atoms with E-state index in [-0.39, 0.29) is 5.91 Å². The predicted molar refractivity (Wildman–Crippen MR) is 70.2 cm³/mol. The van der Waals surface area contributed by atoms with Gasteiger partial charge >= 0.3 is 0 Å². The number of hydrogen-bond donors (Lipinski definition) is 0. The molecule has 3 rings (SSSR count). The van der Waals surface area contributed by atoms with Crippen LogP contribution in [0.25, 0.3) is 0 Å². The fourth-order valence-electron chi connectivity index (χ4n) is 3.26. The molecule has 1 aromatic rings. The molecule has 2 atom stereocenters. The van der Waals surface area contributed by atoms with Crippen molar-refractivity contribution < 1.29 is 4.79 Å². The van der Waals surface area contributed by atoms with E-state index in [1.807, 2.05) is 12.1 Å². The van der Waals surface area contributed by atoms with Gasteiger partial charge in [-0.1, -0.05) is 11.6 Å². The minimum Gasteiger partial charge on any atom is -0.332 e. The molecular formula is C15H18N2O. The number of amides is 1. The van der Waals surface area contributed by atoms with Crippen LogP contribution in [-0.2, 0) is 0 Å². The van der Waals surface area contributed by atoms with Crippen molar-refractivity contribution in [3.63, 3.8) is 0 Å². The van der Waals surface area contributed by atoms with Gasteiger partial charge in [-0.15, -0.1) is 0 Å². The van der Waals surface area contributed by atoms with Gasteiger partial charge in [0.2, 0.25) is 0 Å². The van der Waals surface area contributed by atoms with Crippen LogP contribution in [0.4, 0.5) is 0 Å². The van der Waals surface area contributed by atoms with E-state index in [1.165, 1.54) is 5.57 Å². The minimum absolute atomic E-state index is 0.158. The lowest BCUT2D eigenvalue weighted by molar-refractivity contribution is 0.0634. The Kier molecular flexibility index (Phi) is 2.90. The molecule has 0 saturated carbocycles. The third-order valence-corrected chi connectivity index (χ3v) is 4.17. The highest BCUT2D eigenvalue weighted by molar-refractivity contribution is 5.94. The number of carbonyl (C=O) groups excluding carboxylic acids is 1. The molecule has 1 amide bonds. The van der Waals surface area contributed by atoms with Gasteiger partial charge in [-0.3, -0.25) is 9.78 Å². The Morgan fingerprint density at radius 3 is 2.67 bits per heavy atom. The highest BCUT2D eigenvalue weighted by Gasteiger charge is 2.41. The van der Waals surface area contributed by atoms with Crippen LogP contribution in [0.2, 0.25) is 0 Å². The number of carbonyl (C=O) groups is 1. The lowest BCUT2D eigenvalue weighted by Crippen LogP contribution is -2.44.